The number of hydrogen-bond donors (Lipinski definition) is 2. The molecule has 2 N–H and O–H groups in total. The lowest BCUT2D eigenvalue weighted by molar-refractivity contribution is 0.0686. The van der Waals surface area contributed by atoms with E-state index < -0.39 is 11.6 Å². The lowest BCUT2D eigenvalue weighted by Crippen LogP contribution is -2.03. The van der Waals surface area contributed by atoms with Crippen molar-refractivity contribution < 1.29 is 14.4 Å². The highest BCUT2D eigenvalue weighted by atomic mass is 79.9. The van der Waals surface area contributed by atoms with Crippen molar-refractivity contribution in [1.82, 2.24) is 5.16 Å². The van der Waals surface area contributed by atoms with Crippen LogP contribution in [-0.2, 0) is 0 Å². The van der Waals surface area contributed by atoms with Crippen molar-refractivity contribution in [3.05, 3.63) is 44.9 Å². The van der Waals surface area contributed by atoms with Gasteiger partial charge in [-0.3, -0.25) is 0 Å². The van der Waals surface area contributed by atoms with Crippen LogP contribution in [0.4, 0.5) is 0 Å². The predicted octanol–water partition coefficient (Wildman–Crippen LogP) is 2.10. The molecule has 1 aromatic heterocycles. The van der Waals surface area contributed by atoms with Gasteiger partial charge in [0.2, 0.25) is 0 Å². The molecule has 82 valence electrons. The summed E-state index contributed by atoms with van der Waals surface area (Å²) in [6.07, 6.45) is 0. The van der Waals surface area contributed by atoms with E-state index in [0.717, 1.165) is 4.47 Å². The lowest BCUT2D eigenvalue weighted by Gasteiger charge is -1.98. The maximum atomic E-state index is 11.4. The molecule has 0 aliphatic rings. The Kier molecular flexibility index (Phi) is 2.66. The van der Waals surface area contributed by atoms with Gasteiger partial charge in [-0.05, 0) is 17.7 Å². The van der Waals surface area contributed by atoms with Crippen molar-refractivity contribution in [3.63, 3.8) is 0 Å². The number of halogens is 1. The summed E-state index contributed by atoms with van der Waals surface area (Å²) < 4.78 is 5.23. The summed E-state index contributed by atoms with van der Waals surface area (Å²) in [7, 11) is 0. The first-order valence-corrected chi connectivity index (χ1v) is 5.09. The fraction of sp³-hybridized carbons (Fsp3) is 0. The van der Waals surface area contributed by atoms with Crippen LogP contribution >= 0.6 is 15.9 Å². The molecule has 5 nitrogen and oxygen atoms in total. The van der Waals surface area contributed by atoms with E-state index in [-0.39, 0.29) is 11.3 Å². The molecule has 2 rings (SSSR count). The third-order valence-electron chi connectivity index (χ3n) is 2.03. The molecule has 0 aliphatic heterocycles. The van der Waals surface area contributed by atoms with E-state index in [2.05, 4.69) is 25.6 Å². The fourth-order valence-electron chi connectivity index (χ4n) is 1.36. The fourth-order valence-corrected chi connectivity index (χ4v) is 1.76. The Balaban J connectivity index is 2.68. The summed E-state index contributed by atoms with van der Waals surface area (Å²) in [5, 5.41) is 11.0. The van der Waals surface area contributed by atoms with Crippen LogP contribution in [-0.4, -0.2) is 16.2 Å². The number of nitrogens with one attached hydrogen (secondary N) is 1. The van der Waals surface area contributed by atoms with Crippen molar-refractivity contribution in [2.24, 2.45) is 0 Å². The zero-order chi connectivity index (χ0) is 11.7. The Labute approximate surface area is 97.8 Å². The smallest absolute Gasteiger partial charge is 0.365 e. The zero-order valence-corrected chi connectivity index (χ0v) is 9.45. The minimum absolute atomic E-state index is 0.0220. The number of carbonyl (C=O) groups is 1. The standard InChI is InChI=1S/C10H6BrNO4/c11-6-3-1-2-5(4-6)7-8(9(13)14)12-16-10(7)15/h1-4,12H,(H,13,14). The lowest BCUT2D eigenvalue weighted by atomic mass is 10.1. The number of benzene rings is 1. The highest BCUT2D eigenvalue weighted by molar-refractivity contribution is 9.10. The molecule has 0 bridgehead atoms. The molecule has 16 heavy (non-hydrogen) atoms. The van der Waals surface area contributed by atoms with Gasteiger partial charge >= 0.3 is 11.6 Å². The SMILES string of the molecule is O=C(O)c1[nH]oc(=O)c1-c1cccc(Br)c1. The number of carboxylic acids is 1. The van der Waals surface area contributed by atoms with E-state index in [4.69, 9.17) is 5.11 Å². The van der Waals surface area contributed by atoms with Crippen molar-refractivity contribution in [1.29, 1.82) is 0 Å². The molecule has 0 aliphatic carbocycles. The number of rotatable bonds is 2. The second kappa shape index (κ2) is 3.97. The van der Waals surface area contributed by atoms with E-state index in [1.165, 1.54) is 0 Å². The maximum Gasteiger partial charge on any atom is 0.365 e. The molecule has 0 fully saturated rings. The van der Waals surface area contributed by atoms with Crippen LogP contribution < -0.4 is 5.63 Å². The Morgan fingerprint density at radius 2 is 2.19 bits per heavy atom. The Morgan fingerprint density at radius 3 is 2.81 bits per heavy atom. The number of carboxylic acid groups (broad SMARTS) is 1. The van der Waals surface area contributed by atoms with Gasteiger partial charge in [-0.15, -0.1) is 0 Å². The summed E-state index contributed by atoms with van der Waals surface area (Å²) in [5.41, 5.74) is -0.436. The van der Waals surface area contributed by atoms with Gasteiger partial charge in [0.1, 0.15) is 5.56 Å². The molecule has 6 heteroatoms. The molecule has 0 spiro atoms. The first kappa shape index (κ1) is 10.7. The van der Waals surface area contributed by atoms with Crippen molar-refractivity contribution in [3.8, 4) is 11.1 Å². The van der Waals surface area contributed by atoms with Gasteiger partial charge in [-0.2, -0.15) is 0 Å². The third kappa shape index (κ3) is 1.79. The number of aromatic carboxylic acids is 1. The quantitative estimate of drug-likeness (QED) is 0.884. The summed E-state index contributed by atoms with van der Waals surface area (Å²) in [4.78, 5) is 22.2. The van der Waals surface area contributed by atoms with Gasteiger partial charge in [0.15, 0.2) is 5.69 Å². The second-order valence-electron chi connectivity index (χ2n) is 3.06. The number of H-pyrrole nitrogens is 1. The Bertz CT molecular complexity index is 599. The van der Waals surface area contributed by atoms with Gasteiger partial charge in [-0.1, -0.05) is 28.1 Å². The third-order valence-corrected chi connectivity index (χ3v) is 2.52. The zero-order valence-electron chi connectivity index (χ0n) is 7.86. The van der Waals surface area contributed by atoms with Gasteiger partial charge in [0.25, 0.3) is 0 Å². The van der Waals surface area contributed by atoms with E-state index in [0.29, 0.717) is 5.56 Å². The Morgan fingerprint density at radius 1 is 1.44 bits per heavy atom. The van der Waals surface area contributed by atoms with Crippen molar-refractivity contribution in [2.75, 3.05) is 0 Å². The van der Waals surface area contributed by atoms with E-state index in [9.17, 15) is 9.59 Å². The van der Waals surface area contributed by atoms with E-state index >= 15 is 0 Å². The van der Waals surface area contributed by atoms with Crippen LogP contribution in [0.15, 0.2) is 38.1 Å². The molecular formula is C10H6BrNO4. The van der Waals surface area contributed by atoms with Gasteiger partial charge in [-0.25, -0.2) is 14.7 Å². The van der Waals surface area contributed by atoms with Crippen molar-refractivity contribution in [2.45, 2.75) is 0 Å². The van der Waals surface area contributed by atoms with Crippen LogP contribution in [0.3, 0.4) is 0 Å². The summed E-state index contributed by atoms with van der Waals surface area (Å²) in [6, 6.07) is 6.76. The molecule has 0 amide bonds. The van der Waals surface area contributed by atoms with Gasteiger partial charge in [0, 0.05) is 4.47 Å². The van der Waals surface area contributed by atoms with Gasteiger partial charge in [0.05, 0.1) is 0 Å². The summed E-state index contributed by atoms with van der Waals surface area (Å²) >= 11 is 3.24. The topological polar surface area (TPSA) is 83.3 Å². The molecule has 0 saturated carbocycles. The molecule has 1 heterocycles. The largest absolute Gasteiger partial charge is 0.476 e. The summed E-state index contributed by atoms with van der Waals surface area (Å²) in [5.74, 6) is -1.24. The van der Waals surface area contributed by atoms with Crippen LogP contribution in [0.25, 0.3) is 11.1 Å². The average Bonchev–Trinajstić information content (AvgIpc) is 2.60. The van der Waals surface area contributed by atoms with E-state index in [1.807, 2.05) is 0 Å². The first-order valence-electron chi connectivity index (χ1n) is 4.30. The minimum Gasteiger partial charge on any atom is -0.476 e. The minimum atomic E-state index is -1.24. The molecule has 1 aromatic carbocycles. The first-order chi connectivity index (χ1) is 7.59. The maximum absolute atomic E-state index is 11.4. The highest BCUT2D eigenvalue weighted by Crippen LogP contribution is 2.22. The van der Waals surface area contributed by atoms with Crippen LogP contribution in [0.2, 0.25) is 0 Å². The number of aromatic nitrogens is 1. The van der Waals surface area contributed by atoms with Crippen LogP contribution in [0.1, 0.15) is 10.5 Å². The summed E-state index contributed by atoms with van der Waals surface area (Å²) in [6.45, 7) is 0. The molecule has 2 aromatic rings. The molecule has 0 atom stereocenters. The second-order valence-corrected chi connectivity index (χ2v) is 3.97. The van der Waals surface area contributed by atoms with Crippen LogP contribution in [0.5, 0.6) is 0 Å². The molecule has 0 saturated heterocycles. The highest BCUT2D eigenvalue weighted by Gasteiger charge is 2.19. The number of hydrogen-bond acceptors (Lipinski definition) is 3. The monoisotopic (exact) mass is 283 g/mol. The van der Waals surface area contributed by atoms with E-state index in [1.54, 1.807) is 24.3 Å². The normalized spacial score (nSPS) is 10.3. The molecule has 0 unspecified atom stereocenters. The molecular weight excluding hydrogens is 278 g/mol. The van der Waals surface area contributed by atoms with Crippen LogP contribution in [0, 0.1) is 0 Å². The van der Waals surface area contributed by atoms with Gasteiger partial charge < -0.3 is 9.63 Å². The molecule has 0 radical (unpaired) electrons. The average molecular weight is 284 g/mol. The van der Waals surface area contributed by atoms with Crippen molar-refractivity contribution >= 4 is 21.9 Å². The predicted molar refractivity (Wildman–Crippen MR) is 59.4 cm³/mol. The number of aromatic amines is 1. The Hall–Kier alpha value is -1.82.